The number of carbonyl (C=O) groups is 1. The van der Waals surface area contributed by atoms with E-state index in [0.717, 1.165) is 38.6 Å². The number of hydrogen-bond acceptors (Lipinski definition) is 4. The molecule has 7 nitrogen and oxygen atoms in total. The van der Waals surface area contributed by atoms with Crippen LogP contribution in [0.4, 0.5) is 4.79 Å². The van der Waals surface area contributed by atoms with Crippen LogP contribution in [0.25, 0.3) is 0 Å². The van der Waals surface area contributed by atoms with Gasteiger partial charge in [0.2, 0.25) is 0 Å². The van der Waals surface area contributed by atoms with Gasteiger partial charge in [-0.1, -0.05) is 24.3 Å². The monoisotopic (exact) mass is 403 g/mol. The molecule has 0 bridgehead atoms. The average Bonchev–Trinajstić information content (AvgIpc) is 3.04. The van der Waals surface area contributed by atoms with Gasteiger partial charge in [0.15, 0.2) is 5.96 Å². The smallest absolute Gasteiger partial charge is 0.407 e. The number of carbonyl (C=O) groups excluding carboxylic acids is 1. The number of hydrogen-bond donors (Lipinski definition) is 2. The first-order valence-corrected chi connectivity index (χ1v) is 10.4. The van der Waals surface area contributed by atoms with Crippen molar-refractivity contribution in [2.24, 2.45) is 4.99 Å². The van der Waals surface area contributed by atoms with E-state index in [4.69, 9.17) is 9.73 Å². The topological polar surface area (TPSA) is 69.2 Å². The van der Waals surface area contributed by atoms with Gasteiger partial charge in [0.25, 0.3) is 0 Å². The first-order chi connectivity index (χ1) is 13.7. The Bertz CT molecular complexity index is 697. The summed E-state index contributed by atoms with van der Waals surface area (Å²) >= 11 is 0. The van der Waals surface area contributed by atoms with Crippen molar-refractivity contribution in [3.8, 4) is 0 Å². The third-order valence-electron chi connectivity index (χ3n) is 4.45. The maximum Gasteiger partial charge on any atom is 0.407 e. The Hall–Kier alpha value is -2.28. The number of aliphatic imine (C=N–C) groups is 1. The summed E-state index contributed by atoms with van der Waals surface area (Å²) in [6.07, 6.45) is 0.520. The first-order valence-electron chi connectivity index (χ1n) is 10.4. The summed E-state index contributed by atoms with van der Waals surface area (Å²) < 4.78 is 5.37. The van der Waals surface area contributed by atoms with E-state index in [1.54, 1.807) is 0 Å². The molecule has 2 rings (SSSR count). The lowest BCUT2D eigenvalue weighted by Gasteiger charge is -2.23. The molecule has 1 saturated heterocycles. The number of guanidine groups is 1. The van der Waals surface area contributed by atoms with Gasteiger partial charge in [0.05, 0.1) is 12.6 Å². The minimum Gasteiger partial charge on any atom is -0.444 e. The molecule has 1 aromatic carbocycles. The summed E-state index contributed by atoms with van der Waals surface area (Å²) in [6, 6.07) is 8.63. The van der Waals surface area contributed by atoms with Crippen molar-refractivity contribution < 1.29 is 9.53 Å². The van der Waals surface area contributed by atoms with Crippen molar-refractivity contribution in [1.29, 1.82) is 0 Å². The van der Waals surface area contributed by atoms with E-state index >= 15 is 0 Å². The molecule has 29 heavy (non-hydrogen) atoms. The van der Waals surface area contributed by atoms with Crippen LogP contribution in [0.2, 0.25) is 0 Å². The molecule has 0 spiro atoms. The quantitative estimate of drug-likeness (QED) is 0.565. The second-order valence-corrected chi connectivity index (χ2v) is 8.81. The molecule has 1 aliphatic rings. The fraction of sp³-hybridized carbons (Fsp3) is 0.636. The van der Waals surface area contributed by atoms with Crippen molar-refractivity contribution in [3.05, 3.63) is 35.4 Å². The second-order valence-electron chi connectivity index (χ2n) is 8.81. The number of ether oxygens (including phenoxy) is 1. The molecule has 0 aliphatic carbocycles. The minimum atomic E-state index is -0.486. The van der Waals surface area contributed by atoms with Crippen LogP contribution in [0.15, 0.2) is 29.3 Å². The third-order valence-corrected chi connectivity index (χ3v) is 4.45. The van der Waals surface area contributed by atoms with Gasteiger partial charge >= 0.3 is 6.09 Å². The Balaban J connectivity index is 1.96. The van der Waals surface area contributed by atoms with Crippen molar-refractivity contribution in [1.82, 2.24) is 20.4 Å². The molecule has 1 amide bonds. The molecule has 162 valence electrons. The van der Waals surface area contributed by atoms with E-state index in [2.05, 4.69) is 65.7 Å². The largest absolute Gasteiger partial charge is 0.444 e. The summed E-state index contributed by atoms with van der Waals surface area (Å²) in [5.74, 6) is 0.888. The van der Waals surface area contributed by atoms with Gasteiger partial charge in [-0.15, -0.1) is 0 Å². The van der Waals surface area contributed by atoms with Crippen LogP contribution < -0.4 is 10.6 Å². The van der Waals surface area contributed by atoms with E-state index in [-0.39, 0.29) is 12.1 Å². The van der Waals surface area contributed by atoms with E-state index in [9.17, 15) is 4.79 Å². The fourth-order valence-electron chi connectivity index (χ4n) is 3.33. The zero-order valence-electron chi connectivity index (χ0n) is 18.8. The molecular formula is C22H37N5O2. The number of likely N-dealkylation sites (tertiary alicyclic amines) is 1. The van der Waals surface area contributed by atoms with Crippen molar-refractivity contribution in [2.75, 3.05) is 33.7 Å². The molecule has 0 saturated carbocycles. The summed E-state index contributed by atoms with van der Waals surface area (Å²) in [6.45, 7) is 11.6. The Morgan fingerprint density at radius 3 is 2.69 bits per heavy atom. The highest BCUT2D eigenvalue weighted by Crippen LogP contribution is 2.13. The molecule has 7 heteroatoms. The molecule has 1 fully saturated rings. The van der Waals surface area contributed by atoms with E-state index < -0.39 is 5.60 Å². The van der Waals surface area contributed by atoms with Gasteiger partial charge in [-0.05, 0) is 59.3 Å². The fourth-order valence-corrected chi connectivity index (χ4v) is 3.33. The lowest BCUT2D eigenvalue weighted by molar-refractivity contribution is 0.0507. The summed E-state index contributed by atoms with van der Waals surface area (Å²) in [7, 11) is 4.15. The molecular weight excluding hydrogens is 366 g/mol. The van der Waals surface area contributed by atoms with Crippen molar-refractivity contribution in [2.45, 2.75) is 58.8 Å². The molecule has 0 radical (unpaired) electrons. The molecule has 1 aliphatic heterocycles. The minimum absolute atomic E-state index is 0.0668. The van der Waals surface area contributed by atoms with Gasteiger partial charge in [-0.25, -0.2) is 9.79 Å². The number of alkyl carbamates (subject to hydrolysis) is 1. The van der Waals surface area contributed by atoms with Crippen molar-refractivity contribution in [3.63, 3.8) is 0 Å². The third kappa shape index (κ3) is 8.31. The highest BCUT2D eigenvalue weighted by Gasteiger charge is 2.27. The van der Waals surface area contributed by atoms with Crippen molar-refractivity contribution >= 4 is 12.1 Å². The number of rotatable bonds is 6. The molecule has 1 aromatic rings. The van der Waals surface area contributed by atoms with Gasteiger partial charge in [-0.2, -0.15) is 0 Å². The Morgan fingerprint density at radius 2 is 2.03 bits per heavy atom. The standard InChI is InChI=1S/C22H37N5O2/c1-7-23-20(24-14-17-9-8-10-18(13-17)15-26(5)6)27-12-11-19(16-27)25-21(28)29-22(2,3)4/h8-10,13,19H,7,11-12,14-16H2,1-6H3,(H,23,24)(H,25,28). The van der Waals surface area contributed by atoms with Crippen LogP contribution in [-0.4, -0.2) is 67.2 Å². The lowest BCUT2D eigenvalue weighted by Crippen LogP contribution is -2.44. The maximum absolute atomic E-state index is 12.0. The summed E-state index contributed by atoms with van der Waals surface area (Å²) in [5.41, 5.74) is 2.00. The predicted octanol–water partition coefficient (Wildman–Crippen LogP) is 2.81. The molecule has 2 N–H and O–H groups in total. The van der Waals surface area contributed by atoms with Crippen LogP contribution >= 0.6 is 0 Å². The van der Waals surface area contributed by atoms with Crippen LogP contribution in [0, 0.1) is 0 Å². The zero-order chi connectivity index (χ0) is 21.4. The van der Waals surface area contributed by atoms with Crippen LogP contribution in [-0.2, 0) is 17.8 Å². The van der Waals surface area contributed by atoms with Crippen LogP contribution in [0.1, 0.15) is 45.2 Å². The molecule has 0 aromatic heterocycles. The Kier molecular flexibility index (Phi) is 8.32. The average molecular weight is 404 g/mol. The van der Waals surface area contributed by atoms with Gasteiger partial charge in [0, 0.05) is 26.2 Å². The predicted molar refractivity (Wildman–Crippen MR) is 118 cm³/mol. The number of nitrogens with zero attached hydrogens (tertiary/aromatic N) is 3. The van der Waals surface area contributed by atoms with Gasteiger partial charge in [0.1, 0.15) is 5.60 Å². The van der Waals surface area contributed by atoms with Gasteiger partial charge < -0.3 is 25.2 Å². The molecule has 1 unspecified atom stereocenters. The summed E-state index contributed by atoms with van der Waals surface area (Å²) in [4.78, 5) is 21.2. The molecule has 1 atom stereocenters. The lowest BCUT2D eigenvalue weighted by atomic mass is 10.1. The van der Waals surface area contributed by atoms with E-state index in [1.807, 2.05) is 20.8 Å². The highest BCUT2D eigenvalue weighted by molar-refractivity contribution is 5.80. The van der Waals surface area contributed by atoms with Crippen LogP contribution in [0.5, 0.6) is 0 Å². The number of amides is 1. The van der Waals surface area contributed by atoms with E-state index in [0.29, 0.717) is 6.54 Å². The maximum atomic E-state index is 12.0. The normalized spacial score (nSPS) is 17.6. The van der Waals surface area contributed by atoms with Crippen LogP contribution in [0.3, 0.4) is 0 Å². The van der Waals surface area contributed by atoms with Gasteiger partial charge in [-0.3, -0.25) is 0 Å². The Morgan fingerprint density at radius 1 is 1.31 bits per heavy atom. The highest BCUT2D eigenvalue weighted by atomic mass is 16.6. The number of benzene rings is 1. The first kappa shape index (κ1) is 23.0. The Labute approximate surface area is 175 Å². The number of nitrogens with one attached hydrogen (secondary N) is 2. The van der Waals surface area contributed by atoms with E-state index in [1.165, 1.54) is 11.1 Å². The zero-order valence-corrected chi connectivity index (χ0v) is 18.8. The second kappa shape index (κ2) is 10.5. The summed E-state index contributed by atoms with van der Waals surface area (Å²) in [5, 5.41) is 6.35. The molecule has 1 heterocycles. The SMILES string of the molecule is CCNC(=NCc1cccc(CN(C)C)c1)N1CCC(NC(=O)OC(C)(C)C)C1.